The fourth-order valence-corrected chi connectivity index (χ4v) is 4.04. The predicted molar refractivity (Wildman–Crippen MR) is 104 cm³/mol. The molecule has 2 aliphatic heterocycles. The minimum absolute atomic E-state index is 0.0192. The number of nitrogens with zero attached hydrogens (tertiary/aromatic N) is 2. The van der Waals surface area contributed by atoms with Crippen molar-refractivity contribution >= 4 is 22.7 Å². The van der Waals surface area contributed by atoms with Crippen LogP contribution in [0.1, 0.15) is 36.2 Å². The molecule has 3 heterocycles. The number of para-hydroxylation sites is 1. The summed E-state index contributed by atoms with van der Waals surface area (Å²) in [4.78, 5) is 31.5. The van der Waals surface area contributed by atoms with Crippen molar-refractivity contribution in [1.82, 2.24) is 20.5 Å². The van der Waals surface area contributed by atoms with E-state index >= 15 is 0 Å². The summed E-state index contributed by atoms with van der Waals surface area (Å²) in [5, 5.41) is 7.32. The van der Waals surface area contributed by atoms with Gasteiger partial charge in [0.15, 0.2) is 0 Å². The predicted octanol–water partition coefficient (Wildman–Crippen LogP) is 1.96. The molecular formula is C21H26N4O2. The molecule has 6 nitrogen and oxygen atoms in total. The van der Waals surface area contributed by atoms with Crippen LogP contribution in [0.2, 0.25) is 0 Å². The molecule has 2 unspecified atom stereocenters. The molecule has 142 valence electrons. The van der Waals surface area contributed by atoms with Gasteiger partial charge < -0.3 is 15.5 Å². The van der Waals surface area contributed by atoms with Gasteiger partial charge in [-0.05, 0) is 50.3 Å². The zero-order valence-corrected chi connectivity index (χ0v) is 15.5. The molecule has 1 aromatic heterocycles. The molecule has 2 fully saturated rings. The molecule has 27 heavy (non-hydrogen) atoms. The summed E-state index contributed by atoms with van der Waals surface area (Å²) in [6.45, 7) is 2.97. The second-order valence-corrected chi connectivity index (χ2v) is 7.54. The van der Waals surface area contributed by atoms with Gasteiger partial charge in [-0.1, -0.05) is 24.3 Å². The van der Waals surface area contributed by atoms with Crippen molar-refractivity contribution in [3.63, 3.8) is 0 Å². The molecule has 4 rings (SSSR count). The van der Waals surface area contributed by atoms with Gasteiger partial charge in [-0.2, -0.15) is 0 Å². The van der Waals surface area contributed by atoms with E-state index in [4.69, 9.17) is 0 Å². The fourth-order valence-electron chi connectivity index (χ4n) is 4.04. The SMILES string of the molecule is O=C(NCC1CCCN(C(=O)c2ccc3ccccc3n2)C1)C1CCCN1. The highest BCUT2D eigenvalue weighted by Crippen LogP contribution is 2.19. The van der Waals surface area contributed by atoms with Crippen molar-refractivity contribution in [3.05, 3.63) is 42.1 Å². The van der Waals surface area contributed by atoms with Gasteiger partial charge in [-0.3, -0.25) is 9.59 Å². The van der Waals surface area contributed by atoms with Gasteiger partial charge in [0.2, 0.25) is 5.91 Å². The van der Waals surface area contributed by atoms with Crippen molar-refractivity contribution in [1.29, 1.82) is 0 Å². The standard InChI is InChI=1S/C21H26N4O2/c26-20(18-8-3-11-22-18)23-13-15-5-4-12-25(14-15)21(27)19-10-9-16-6-1-2-7-17(16)24-19/h1-2,6-7,9-10,15,18,22H,3-5,8,11-14H2,(H,23,26). The molecule has 2 aromatic rings. The number of aromatic nitrogens is 1. The molecule has 1 aromatic carbocycles. The molecule has 0 radical (unpaired) electrons. The Hall–Kier alpha value is -2.47. The molecule has 0 spiro atoms. The lowest BCUT2D eigenvalue weighted by molar-refractivity contribution is -0.123. The van der Waals surface area contributed by atoms with E-state index in [0.717, 1.165) is 49.7 Å². The monoisotopic (exact) mass is 366 g/mol. The van der Waals surface area contributed by atoms with Crippen LogP contribution in [0, 0.1) is 5.92 Å². The van der Waals surface area contributed by atoms with E-state index in [-0.39, 0.29) is 17.9 Å². The average Bonchev–Trinajstić information content (AvgIpc) is 3.26. The van der Waals surface area contributed by atoms with Crippen LogP contribution in [0.25, 0.3) is 10.9 Å². The normalized spacial score (nSPS) is 22.7. The van der Waals surface area contributed by atoms with Crippen LogP contribution in [0.15, 0.2) is 36.4 Å². The number of piperidine rings is 1. The van der Waals surface area contributed by atoms with Gasteiger partial charge in [-0.25, -0.2) is 4.98 Å². The van der Waals surface area contributed by atoms with Crippen LogP contribution >= 0.6 is 0 Å². The number of pyridine rings is 1. The second kappa shape index (κ2) is 8.05. The summed E-state index contributed by atoms with van der Waals surface area (Å²) >= 11 is 0. The average molecular weight is 366 g/mol. The van der Waals surface area contributed by atoms with E-state index in [9.17, 15) is 9.59 Å². The Labute approximate surface area is 159 Å². The van der Waals surface area contributed by atoms with Crippen LogP contribution in [0.3, 0.4) is 0 Å². The quantitative estimate of drug-likeness (QED) is 0.867. The van der Waals surface area contributed by atoms with Crippen molar-refractivity contribution in [3.8, 4) is 0 Å². The highest BCUT2D eigenvalue weighted by Gasteiger charge is 2.27. The summed E-state index contributed by atoms with van der Waals surface area (Å²) in [6, 6.07) is 11.5. The summed E-state index contributed by atoms with van der Waals surface area (Å²) < 4.78 is 0. The topological polar surface area (TPSA) is 74.3 Å². The lowest BCUT2D eigenvalue weighted by Crippen LogP contribution is -2.46. The van der Waals surface area contributed by atoms with Crippen molar-refractivity contribution in [2.75, 3.05) is 26.2 Å². The second-order valence-electron chi connectivity index (χ2n) is 7.54. The maximum atomic E-state index is 12.9. The molecule has 2 atom stereocenters. The number of amides is 2. The zero-order valence-electron chi connectivity index (χ0n) is 15.5. The largest absolute Gasteiger partial charge is 0.354 e. The Morgan fingerprint density at radius 2 is 2.04 bits per heavy atom. The number of carbonyl (C=O) groups excluding carboxylic acids is 2. The molecule has 0 bridgehead atoms. The maximum Gasteiger partial charge on any atom is 0.272 e. The van der Waals surface area contributed by atoms with Crippen LogP contribution in [0.4, 0.5) is 0 Å². The first-order valence-corrected chi connectivity index (χ1v) is 9.87. The van der Waals surface area contributed by atoms with Crippen molar-refractivity contribution in [2.24, 2.45) is 5.92 Å². The summed E-state index contributed by atoms with van der Waals surface area (Å²) in [6.07, 6.45) is 3.96. The van der Waals surface area contributed by atoms with E-state index < -0.39 is 0 Å². The first-order chi connectivity index (χ1) is 13.2. The number of rotatable bonds is 4. The zero-order chi connectivity index (χ0) is 18.6. The maximum absolute atomic E-state index is 12.9. The summed E-state index contributed by atoms with van der Waals surface area (Å²) in [7, 11) is 0. The van der Waals surface area contributed by atoms with Gasteiger partial charge in [0.1, 0.15) is 5.69 Å². The van der Waals surface area contributed by atoms with E-state index in [1.165, 1.54) is 0 Å². The van der Waals surface area contributed by atoms with Gasteiger partial charge >= 0.3 is 0 Å². The van der Waals surface area contributed by atoms with Crippen LogP contribution < -0.4 is 10.6 Å². The number of hydrogen-bond donors (Lipinski definition) is 2. The first-order valence-electron chi connectivity index (χ1n) is 9.87. The third-order valence-electron chi connectivity index (χ3n) is 5.57. The number of nitrogens with one attached hydrogen (secondary N) is 2. The molecule has 2 amide bonds. The number of hydrogen-bond acceptors (Lipinski definition) is 4. The van der Waals surface area contributed by atoms with E-state index in [1.807, 2.05) is 41.3 Å². The number of likely N-dealkylation sites (tertiary alicyclic amines) is 1. The van der Waals surface area contributed by atoms with Crippen LogP contribution in [-0.2, 0) is 4.79 Å². The third kappa shape index (κ3) is 4.11. The minimum atomic E-state index is -0.0480. The Morgan fingerprint density at radius 3 is 2.89 bits per heavy atom. The highest BCUT2D eigenvalue weighted by molar-refractivity contribution is 5.95. The molecule has 6 heteroatoms. The van der Waals surface area contributed by atoms with Gasteiger partial charge in [0, 0.05) is 25.0 Å². The van der Waals surface area contributed by atoms with E-state index in [0.29, 0.717) is 24.7 Å². The summed E-state index contributed by atoms with van der Waals surface area (Å²) in [5.41, 5.74) is 1.33. The van der Waals surface area contributed by atoms with Crippen LogP contribution in [0.5, 0.6) is 0 Å². The molecule has 2 aliphatic rings. The van der Waals surface area contributed by atoms with Crippen LogP contribution in [-0.4, -0.2) is 53.9 Å². The third-order valence-corrected chi connectivity index (χ3v) is 5.57. The Morgan fingerprint density at radius 1 is 1.15 bits per heavy atom. The van der Waals surface area contributed by atoms with Gasteiger partial charge in [-0.15, -0.1) is 0 Å². The Bertz CT molecular complexity index is 832. The minimum Gasteiger partial charge on any atom is -0.354 e. The Kier molecular flexibility index (Phi) is 5.34. The highest BCUT2D eigenvalue weighted by atomic mass is 16.2. The van der Waals surface area contributed by atoms with Gasteiger partial charge in [0.25, 0.3) is 5.91 Å². The lowest BCUT2D eigenvalue weighted by atomic mass is 9.97. The fraction of sp³-hybridized carbons (Fsp3) is 0.476. The van der Waals surface area contributed by atoms with E-state index in [2.05, 4.69) is 15.6 Å². The van der Waals surface area contributed by atoms with Crippen molar-refractivity contribution in [2.45, 2.75) is 31.7 Å². The summed E-state index contributed by atoms with van der Waals surface area (Å²) in [5.74, 6) is 0.370. The number of benzene rings is 1. The first kappa shape index (κ1) is 17.9. The smallest absolute Gasteiger partial charge is 0.272 e. The van der Waals surface area contributed by atoms with Crippen molar-refractivity contribution < 1.29 is 9.59 Å². The Balaban J connectivity index is 1.36. The lowest BCUT2D eigenvalue weighted by Gasteiger charge is -2.33. The molecule has 0 saturated carbocycles. The number of carbonyl (C=O) groups is 2. The molecular weight excluding hydrogens is 340 g/mol. The van der Waals surface area contributed by atoms with Gasteiger partial charge in [0.05, 0.1) is 11.6 Å². The molecule has 0 aliphatic carbocycles. The number of fused-ring (bicyclic) bond motifs is 1. The molecule has 2 N–H and O–H groups in total. The van der Waals surface area contributed by atoms with E-state index in [1.54, 1.807) is 0 Å². The molecule has 2 saturated heterocycles.